The maximum absolute atomic E-state index is 12.1. The fourth-order valence-corrected chi connectivity index (χ4v) is 5.76. The predicted molar refractivity (Wildman–Crippen MR) is 71.0 cm³/mol. The summed E-state index contributed by atoms with van der Waals surface area (Å²) in [6.45, 7) is 0.289. The molecule has 116 valence electrons. The molecule has 0 amide bonds. The Labute approximate surface area is 118 Å². The largest absolute Gasteiger partial charge is 0.481 e. The van der Waals surface area contributed by atoms with Crippen LogP contribution in [0.25, 0.3) is 0 Å². The van der Waals surface area contributed by atoms with E-state index in [0.29, 0.717) is 0 Å². The summed E-state index contributed by atoms with van der Waals surface area (Å²) in [6.07, 6.45) is 0.839. The quantitative estimate of drug-likeness (QED) is 0.670. The minimum atomic E-state index is -3.74. The van der Waals surface area contributed by atoms with Gasteiger partial charge >= 0.3 is 5.97 Å². The van der Waals surface area contributed by atoms with Crippen LogP contribution in [-0.2, 0) is 24.8 Å². The van der Waals surface area contributed by atoms with Gasteiger partial charge in [0.25, 0.3) is 10.2 Å². The lowest BCUT2D eigenvalue weighted by Crippen LogP contribution is -2.49. The van der Waals surface area contributed by atoms with E-state index in [-0.39, 0.29) is 43.9 Å². The summed E-state index contributed by atoms with van der Waals surface area (Å²) in [4.78, 5) is 10.8. The first-order chi connectivity index (χ1) is 9.20. The second kappa shape index (κ2) is 5.58. The molecular weight excluding hydrogens is 308 g/mol. The molecule has 2 fully saturated rings. The van der Waals surface area contributed by atoms with Crippen molar-refractivity contribution in [1.29, 1.82) is 0 Å². The monoisotopic (exact) mass is 326 g/mol. The van der Waals surface area contributed by atoms with Gasteiger partial charge in [0.2, 0.25) is 0 Å². The lowest BCUT2D eigenvalue weighted by Gasteiger charge is -2.30. The summed E-state index contributed by atoms with van der Waals surface area (Å²) in [5, 5.41) is 8.86. The van der Waals surface area contributed by atoms with Crippen LogP contribution >= 0.6 is 0 Å². The average Bonchev–Trinajstić information content (AvgIpc) is 2.68. The predicted octanol–water partition coefficient (Wildman–Crippen LogP) is -1.20. The van der Waals surface area contributed by atoms with E-state index >= 15 is 0 Å². The second-order valence-electron chi connectivity index (χ2n) is 5.23. The Kier molecular flexibility index (Phi) is 4.38. The van der Waals surface area contributed by atoms with E-state index in [1.165, 1.54) is 4.31 Å². The van der Waals surface area contributed by atoms with Gasteiger partial charge in [-0.05, 0) is 19.3 Å². The van der Waals surface area contributed by atoms with Crippen LogP contribution in [0.3, 0.4) is 0 Å². The zero-order chi connectivity index (χ0) is 15.0. The van der Waals surface area contributed by atoms with Gasteiger partial charge in [-0.25, -0.2) is 8.42 Å². The highest BCUT2D eigenvalue weighted by molar-refractivity contribution is 7.91. The third-order valence-electron chi connectivity index (χ3n) is 3.69. The normalized spacial score (nSPS) is 28.5. The number of sulfone groups is 1. The van der Waals surface area contributed by atoms with Crippen LogP contribution in [0.1, 0.15) is 19.3 Å². The van der Waals surface area contributed by atoms with Gasteiger partial charge in [-0.15, -0.1) is 0 Å². The van der Waals surface area contributed by atoms with Gasteiger partial charge < -0.3 is 5.11 Å². The minimum Gasteiger partial charge on any atom is -0.481 e. The molecule has 2 heterocycles. The Balaban J connectivity index is 1.93. The molecule has 0 aromatic rings. The number of hydrogen-bond donors (Lipinski definition) is 2. The Morgan fingerprint density at radius 3 is 2.25 bits per heavy atom. The molecule has 1 atom stereocenters. The number of rotatable bonds is 4. The van der Waals surface area contributed by atoms with Gasteiger partial charge in [0.1, 0.15) is 0 Å². The zero-order valence-corrected chi connectivity index (χ0v) is 12.5. The van der Waals surface area contributed by atoms with Crippen molar-refractivity contribution in [2.75, 3.05) is 24.6 Å². The number of aliphatic carboxylic acids is 1. The summed E-state index contributed by atoms with van der Waals surface area (Å²) < 4.78 is 50.4. The highest BCUT2D eigenvalue weighted by Crippen LogP contribution is 2.20. The smallest absolute Gasteiger partial charge is 0.306 e. The summed E-state index contributed by atoms with van der Waals surface area (Å²) in [5.74, 6) is -1.58. The van der Waals surface area contributed by atoms with Gasteiger partial charge in [0.05, 0.1) is 17.4 Å². The topological polar surface area (TPSA) is 121 Å². The first kappa shape index (κ1) is 15.7. The maximum atomic E-state index is 12.1. The number of nitrogens with one attached hydrogen (secondary N) is 1. The Hall–Kier alpha value is -0.710. The van der Waals surface area contributed by atoms with Gasteiger partial charge in [-0.1, -0.05) is 0 Å². The number of carboxylic acids is 1. The van der Waals surface area contributed by atoms with Crippen LogP contribution in [0, 0.1) is 5.92 Å². The highest BCUT2D eigenvalue weighted by Gasteiger charge is 2.35. The lowest BCUT2D eigenvalue weighted by atomic mass is 9.99. The lowest BCUT2D eigenvalue weighted by molar-refractivity contribution is -0.142. The van der Waals surface area contributed by atoms with Crippen molar-refractivity contribution in [1.82, 2.24) is 9.03 Å². The van der Waals surface area contributed by atoms with Crippen molar-refractivity contribution in [3.8, 4) is 0 Å². The molecule has 2 N–H and O–H groups in total. The standard InChI is InChI=1S/C10H18N2O6S2/c13-10(14)8-1-4-12(5-2-8)20(17,18)11-9-3-6-19(15,16)7-9/h8-9,11H,1-7H2,(H,13,14). The van der Waals surface area contributed by atoms with Gasteiger partial charge in [-0.2, -0.15) is 17.4 Å². The number of carbonyl (C=O) groups is 1. The molecule has 2 rings (SSSR count). The molecule has 0 spiro atoms. The van der Waals surface area contributed by atoms with E-state index in [2.05, 4.69) is 4.72 Å². The third kappa shape index (κ3) is 3.68. The number of nitrogens with zero attached hydrogens (tertiary/aromatic N) is 1. The van der Waals surface area contributed by atoms with Gasteiger partial charge in [-0.3, -0.25) is 4.79 Å². The Morgan fingerprint density at radius 1 is 1.20 bits per heavy atom. The molecule has 2 aliphatic heterocycles. The first-order valence-electron chi connectivity index (χ1n) is 6.40. The Morgan fingerprint density at radius 2 is 1.80 bits per heavy atom. The van der Waals surface area contributed by atoms with Crippen molar-refractivity contribution < 1.29 is 26.7 Å². The summed E-state index contributed by atoms with van der Waals surface area (Å²) >= 11 is 0. The first-order valence-corrected chi connectivity index (χ1v) is 9.66. The summed E-state index contributed by atoms with van der Waals surface area (Å²) in [5.41, 5.74) is 0. The van der Waals surface area contributed by atoms with Crippen LogP contribution in [0.15, 0.2) is 0 Å². The van der Waals surface area contributed by atoms with Crippen molar-refractivity contribution in [2.45, 2.75) is 25.3 Å². The fraction of sp³-hybridized carbons (Fsp3) is 0.900. The van der Waals surface area contributed by atoms with E-state index in [0.717, 1.165) is 0 Å². The molecule has 20 heavy (non-hydrogen) atoms. The molecule has 2 saturated heterocycles. The van der Waals surface area contributed by atoms with Crippen molar-refractivity contribution >= 4 is 26.0 Å². The molecule has 2 aliphatic rings. The SMILES string of the molecule is O=C(O)C1CCN(S(=O)(=O)NC2CCS(=O)(=O)C2)CC1. The van der Waals surface area contributed by atoms with Crippen LogP contribution in [-0.4, -0.2) is 62.9 Å². The molecule has 0 radical (unpaired) electrons. The average molecular weight is 326 g/mol. The van der Waals surface area contributed by atoms with E-state index in [4.69, 9.17) is 5.11 Å². The molecule has 1 unspecified atom stereocenters. The van der Waals surface area contributed by atoms with Crippen LogP contribution < -0.4 is 4.72 Å². The maximum Gasteiger partial charge on any atom is 0.306 e. The van der Waals surface area contributed by atoms with Crippen molar-refractivity contribution in [3.63, 3.8) is 0 Å². The van der Waals surface area contributed by atoms with E-state index in [1.54, 1.807) is 0 Å². The Bertz CT molecular complexity index is 577. The molecule has 0 aromatic carbocycles. The fourth-order valence-electron chi connectivity index (χ4n) is 2.52. The number of hydrogen-bond acceptors (Lipinski definition) is 5. The van der Waals surface area contributed by atoms with E-state index in [1.807, 2.05) is 0 Å². The van der Waals surface area contributed by atoms with Crippen molar-refractivity contribution in [2.24, 2.45) is 5.92 Å². The van der Waals surface area contributed by atoms with Crippen LogP contribution in [0.4, 0.5) is 0 Å². The second-order valence-corrected chi connectivity index (χ2v) is 9.17. The van der Waals surface area contributed by atoms with E-state index in [9.17, 15) is 21.6 Å². The highest BCUT2D eigenvalue weighted by atomic mass is 32.2. The molecular formula is C10H18N2O6S2. The molecule has 0 aromatic heterocycles. The molecule has 0 bridgehead atoms. The van der Waals surface area contributed by atoms with E-state index < -0.39 is 38.0 Å². The molecule has 0 saturated carbocycles. The molecule has 0 aliphatic carbocycles. The molecule has 10 heteroatoms. The van der Waals surface area contributed by atoms with Gasteiger partial charge in [0, 0.05) is 19.1 Å². The third-order valence-corrected chi connectivity index (χ3v) is 7.14. The summed E-state index contributed by atoms with van der Waals surface area (Å²) in [6, 6.07) is -0.581. The van der Waals surface area contributed by atoms with Crippen molar-refractivity contribution in [3.05, 3.63) is 0 Å². The van der Waals surface area contributed by atoms with Crippen LogP contribution in [0.2, 0.25) is 0 Å². The minimum absolute atomic E-state index is 0.00126. The zero-order valence-electron chi connectivity index (χ0n) is 10.9. The number of piperidine rings is 1. The van der Waals surface area contributed by atoms with Crippen LogP contribution in [0.5, 0.6) is 0 Å². The summed E-state index contributed by atoms with van der Waals surface area (Å²) in [7, 11) is -6.88. The number of carboxylic acid groups (broad SMARTS) is 1. The molecule has 8 nitrogen and oxygen atoms in total. The van der Waals surface area contributed by atoms with Gasteiger partial charge in [0.15, 0.2) is 9.84 Å².